The number of nitrogens with zero attached hydrogens (tertiary/aromatic N) is 1. The van der Waals surface area contributed by atoms with Crippen LogP contribution in [0.3, 0.4) is 0 Å². The number of alkyl halides is 3. The quantitative estimate of drug-likeness (QED) is 0.344. The standard InChI is InChI=1S/C26H22F3N3O2S/c1-14-9-11-15(12-10-14)13-35-25-31-23-22(24(34)32-25)20(21-18(30-23)7-4-8-19(21)33)16-5-2-3-6-17(16)26(27,28)29/h2-3,5-6,9-12,20H,4,7-8,13H2,1H3,(H2,30,31,32,34)/t20-/m1/s1. The number of hydrogen-bond acceptors (Lipinski definition) is 5. The van der Waals surface area contributed by atoms with Crippen molar-refractivity contribution in [3.05, 3.63) is 98.0 Å². The van der Waals surface area contributed by atoms with Crippen LogP contribution in [-0.2, 0) is 16.7 Å². The summed E-state index contributed by atoms with van der Waals surface area (Å²) in [4.78, 5) is 33.5. The van der Waals surface area contributed by atoms with Crippen LogP contribution in [0.2, 0.25) is 0 Å². The Morgan fingerprint density at radius 1 is 1.06 bits per heavy atom. The predicted molar refractivity (Wildman–Crippen MR) is 128 cm³/mol. The average Bonchev–Trinajstić information content (AvgIpc) is 2.82. The second-order valence-corrected chi connectivity index (χ2v) is 9.68. The van der Waals surface area contributed by atoms with Crippen LogP contribution in [0.4, 0.5) is 19.0 Å². The molecule has 0 saturated heterocycles. The molecule has 5 nitrogen and oxygen atoms in total. The maximum absolute atomic E-state index is 13.9. The van der Waals surface area contributed by atoms with Crippen LogP contribution in [-0.4, -0.2) is 15.8 Å². The van der Waals surface area contributed by atoms with Gasteiger partial charge in [0, 0.05) is 29.4 Å². The number of carbonyl (C=O) groups is 1. The van der Waals surface area contributed by atoms with Crippen LogP contribution < -0.4 is 10.9 Å². The number of halogens is 3. The number of Topliss-reactive ketones (excluding diaryl/α,β-unsaturated/α-hetero) is 1. The van der Waals surface area contributed by atoms with Gasteiger partial charge in [0.15, 0.2) is 10.9 Å². The molecule has 2 N–H and O–H groups in total. The Balaban J connectivity index is 1.61. The molecular formula is C26H22F3N3O2S. The van der Waals surface area contributed by atoms with Gasteiger partial charge in [0.05, 0.1) is 11.1 Å². The zero-order chi connectivity index (χ0) is 24.7. The van der Waals surface area contributed by atoms with Crippen molar-refractivity contribution in [2.75, 3.05) is 5.32 Å². The van der Waals surface area contributed by atoms with E-state index in [0.717, 1.165) is 17.2 Å². The third-order valence-electron chi connectivity index (χ3n) is 6.31. The van der Waals surface area contributed by atoms with E-state index < -0.39 is 23.2 Å². The summed E-state index contributed by atoms with van der Waals surface area (Å²) in [5.74, 6) is -0.618. The number of thioether (sulfide) groups is 1. The molecule has 0 unspecified atom stereocenters. The van der Waals surface area contributed by atoms with Crippen LogP contribution in [0.25, 0.3) is 0 Å². The summed E-state index contributed by atoms with van der Waals surface area (Å²) in [6, 6.07) is 13.1. The fourth-order valence-corrected chi connectivity index (χ4v) is 5.48. The van der Waals surface area contributed by atoms with Crippen molar-refractivity contribution in [1.29, 1.82) is 0 Å². The van der Waals surface area contributed by atoms with Crippen molar-refractivity contribution in [2.45, 2.75) is 49.2 Å². The summed E-state index contributed by atoms with van der Waals surface area (Å²) in [6.07, 6.45) is -3.31. The fourth-order valence-electron chi connectivity index (χ4n) is 4.66. The zero-order valence-electron chi connectivity index (χ0n) is 18.8. The van der Waals surface area contributed by atoms with E-state index in [0.29, 0.717) is 29.4 Å². The van der Waals surface area contributed by atoms with Crippen LogP contribution in [0.1, 0.15) is 53.0 Å². The number of rotatable bonds is 4. The molecular weight excluding hydrogens is 475 g/mol. The molecule has 180 valence electrons. The third-order valence-corrected chi connectivity index (χ3v) is 7.25. The van der Waals surface area contributed by atoms with Crippen LogP contribution in [0.5, 0.6) is 0 Å². The smallest absolute Gasteiger partial charge is 0.343 e. The summed E-state index contributed by atoms with van der Waals surface area (Å²) < 4.78 is 41.8. The van der Waals surface area contributed by atoms with Gasteiger partial charge in [-0.2, -0.15) is 13.2 Å². The van der Waals surface area contributed by atoms with Gasteiger partial charge >= 0.3 is 6.18 Å². The van der Waals surface area contributed by atoms with E-state index in [4.69, 9.17) is 0 Å². The van der Waals surface area contributed by atoms with E-state index in [9.17, 15) is 22.8 Å². The predicted octanol–water partition coefficient (Wildman–Crippen LogP) is 5.95. The Kier molecular flexibility index (Phi) is 6.04. The number of aromatic amines is 1. The maximum Gasteiger partial charge on any atom is 0.416 e. The minimum Gasteiger partial charge on any atom is -0.343 e. The molecule has 9 heteroatoms. The number of H-pyrrole nitrogens is 1. The van der Waals surface area contributed by atoms with Gasteiger partial charge in [-0.1, -0.05) is 59.8 Å². The number of hydrogen-bond donors (Lipinski definition) is 2. The number of aromatic nitrogens is 2. The normalized spacial score (nSPS) is 17.6. The number of carbonyl (C=O) groups excluding carboxylic acids is 1. The fraction of sp³-hybridized carbons (Fsp3) is 0.269. The van der Waals surface area contributed by atoms with Crippen molar-refractivity contribution in [3.63, 3.8) is 0 Å². The largest absolute Gasteiger partial charge is 0.416 e. The molecule has 1 aliphatic carbocycles. The first kappa shape index (κ1) is 23.4. The highest BCUT2D eigenvalue weighted by atomic mass is 32.2. The molecule has 0 spiro atoms. The lowest BCUT2D eigenvalue weighted by molar-refractivity contribution is -0.138. The third kappa shape index (κ3) is 4.52. The second kappa shape index (κ2) is 9.03. The van der Waals surface area contributed by atoms with E-state index in [1.54, 1.807) is 0 Å². The molecule has 3 aromatic rings. The molecule has 5 rings (SSSR count). The molecule has 1 aromatic heterocycles. The van der Waals surface area contributed by atoms with Gasteiger partial charge in [-0.3, -0.25) is 9.59 Å². The molecule has 2 heterocycles. The molecule has 2 aromatic carbocycles. The zero-order valence-corrected chi connectivity index (χ0v) is 19.6. The summed E-state index contributed by atoms with van der Waals surface area (Å²) in [5, 5.41) is 3.46. The Bertz CT molecular complexity index is 1390. The first-order chi connectivity index (χ1) is 16.7. The first-order valence-corrected chi connectivity index (χ1v) is 12.2. The summed E-state index contributed by atoms with van der Waals surface area (Å²) in [6.45, 7) is 2.00. The molecule has 35 heavy (non-hydrogen) atoms. The Morgan fingerprint density at radius 3 is 2.54 bits per heavy atom. The minimum absolute atomic E-state index is 0.0374. The van der Waals surface area contributed by atoms with E-state index >= 15 is 0 Å². The van der Waals surface area contributed by atoms with Gasteiger partial charge in [0.1, 0.15) is 5.82 Å². The van der Waals surface area contributed by atoms with Crippen molar-refractivity contribution in [2.24, 2.45) is 0 Å². The molecule has 0 fully saturated rings. The lowest BCUT2D eigenvalue weighted by Gasteiger charge is -2.33. The molecule has 1 atom stereocenters. The van der Waals surface area contributed by atoms with E-state index in [1.807, 2.05) is 31.2 Å². The average molecular weight is 498 g/mol. The van der Waals surface area contributed by atoms with Gasteiger partial charge < -0.3 is 10.3 Å². The Morgan fingerprint density at radius 2 is 1.80 bits per heavy atom. The number of allylic oxidation sites excluding steroid dienone is 2. The molecule has 0 radical (unpaired) electrons. The molecule has 0 amide bonds. The Hall–Kier alpha value is -3.33. The molecule has 2 aliphatic rings. The molecule has 1 aliphatic heterocycles. The SMILES string of the molecule is Cc1ccc(CSc2nc3c(c(=O)[nH]2)[C@H](c2ccccc2C(F)(F)F)C2=C(CCCC2=O)N3)cc1. The summed E-state index contributed by atoms with van der Waals surface area (Å²) in [7, 11) is 0. The molecule has 0 bridgehead atoms. The number of ketones is 1. The number of benzene rings is 2. The second-order valence-electron chi connectivity index (χ2n) is 8.72. The van der Waals surface area contributed by atoms with Gasteiger partial charge in [-0.25, -0.2) is 4.98 Å². The highest BCUT2D eigenvalue weighted by Gasteiger charge is 2.42. The number of nitrogens with one attached hydrogen (secondary N) is 2. The van der Waals surface area contributed by atoms with E-state index in [1.165, 1.54) is 30.0 Å². The summed E-state index contributed by atoms with van der Waals surface area (Å²) in [5.41, 5.74) is 1.47. The highest BCUT2D eigenvalue weighted by molar-refractivity contribution is 7.98. The minimum atomic E-state index is -4.63. The van der Waals surface area contributed by atoms with Gasteiger partial charge in [-0.05, 0) is 37.0 Å². The van der Waals surface area contributed by atoms with Gasteiger partial charge in [-0.15, -0.1) is 0 Å². The van der Waals surface area contributed by atoms with Crippen molar-refractivity contribution in [1.82, 2.24) is 9.97 Å². The number of anilines is 1. The monoisotopic (exact) mass is 497 g/mol. The van der Waals surface area contributed by atoms with Crippen LogP contribution >= 0.6 is 11.8 Å². The number of fused-ring (bicyclic) bond motifs is 1. The van der Waals surface area contributed by atoms with E-state index in [-0.39, 0.29) is 34.7 Å². The van der Waals surface area contributed by atoms with Crippen molar-refractivity contribution >= 4 is 23.4 Å². The first-order valence-electron chi connectivity index (χ1n) is 11.2. The van der Waals surface area contributed by atoms with Gasteiger partial charge in [0.2, 0.25) is 0 Å². The topological polar surface area (TPSA) is 74.8 Å². The van der Waals surface area contributed by atoms with Crippen LogP contribution in [0.15, 0.2) is 69.8 Å². The Labute approximate surface area is 203 Å². The van der Waals surface area contributed by atoms with E-state index in [2.05, 4.69) is 15.3 Å². The van der Waals surface area contributed by atoms with Gasteiger partial charge in [0.25, 0.3) is 5.56 Å². The highest BCUT2D eigenvalue weighted by Crippen LogP contribution is 2.46. The van der Waals surface area contributed by atoms with Crippen molar-refractivity contribution in [3.8, 4) is 0 Å². The maximum atomic E-state index is 13.9. The lowest BCUT2D eigenvalue weighted by atomic mass is 9.75. The lowest BCUT2D eigenvalue weighted by Crippen LogP contribution is -2.33. The summed E-state index contributed by atoms with van der Waals surface area (Å²) >= 11 is 1.33. The van der Waals surface area contributed by atoms with Crippen LogP contribution in [0, 0.1) is 6.92 Å². The molecule has 0 saturated carbocycles. The number of aryl methyl sites for hydroxylation is 1. The van der Waals surface area contributed by atoms with Crippen molar-refractivity contribution < 1.29 is 18.0 Å².